The molecule has 0 saturated carbocycles. The number of carbonyl (C=O) groups is 1. The van der Waals surface area contributed by atoms with Crippen molar-refractivity contribution in [1.82, 2.24) is 14.5 Å². The zero-order valence-corrected chi connectivity index (χ0v) is 24.2. The van der Waals surface area contributed by atoms with Crippen LogP contribution in [0.4, 0.5) is 4.39 Å². The van der Waals surface area contributed by atoms with E-state index in [-0.39, 0.29) is 34.7 Å². The van der Waals surface area contributed by atoms with Crippen molar-refractivity contribution in [3.05, 3.63) is 107 Å². The molecule has 1 aliphatic heterocycles. The lowest BCUT2D eigenvalue weighted by atomic mass is 9.96. The number of aromatic nitrogens is 3. The van der Waals surface area contributed by atoms with E-state index in [1.807, 2.05) is 0 Å². The number of fused-ring (bicyclic) bond motifs is 1. The summed E-state index contributed by atoms with van der Waals surface area (Å²) >= 11 is 13.5. The SMILES string of the molecule is CCOC(=O)C1=C(C)N=c2s/c(=C\c3ccc(OC)c(Oc4nc(Cl)ncc4F)c3)c(=O)n2[C@@H]1c1ccccc1Cl. The molecule has 0 aliphatic carbocycles. The van der Waals surface area contributed by atoms with Gasteiger partial charge < -0.3 is 14.2 Å². The summed E-state index contributed by atoms with van der Waals surface area (Å²) in [7, 11) is 1.43. The molecular weight excluding hydrogens is 594 g/mol. The van der Waals surface area contributed by atoms with Gasteiger partial charge in [0.1, 0.15) is 6.04 Å². The number of rotatable bonds is 7. The molecule has 1 atom stereocenters. The smallest absolute Gasteiger partial charge is 0.338 e. The van der Waals surface area contributed by atoms with Crippen LogP contribution in [0.25, 0.3) is 6.08 Å². The third kappa shape index (κ3) is 5.61. The molecule has 0 amide bonds. The number of esters is 1. The van der Waals surface area contributed by atoms with E-state index < -0.39 is 17.8 Å². The van der Waals surface area contributed by atoms with E-state index in [1.165, 1.54) is 11.7 Å². The van der Waals surface area contributed by atoms with E-state index in [0.717, 1.165) is 17.5 Å². The highest BCUT2D eigenvalue weighted by Gasteiger charge is 2.34. The van der Waals surface area contributed by atoms with Crippen molar-refractivity contribution in [3.8, 4) is 17.4 Å². The van der Waals surface area contributed by atoms with E-state index in [0.29, 0.717) is 36.9 Å². The Labute approximate surface area is 246 Å². The van der Waals surface area contributed by atoms with E-state index in [2.05, 4.69) is 15.0 Å². The minimum Gasteiger partial charge on any atom is -0.493 e. The monoisotopic (exact) mass is 614 g/mol. The maximum Gasteiger partial charge on any atom is 0.338 e. The molecule has 13 heteroatoms. The largest absolute Gasteiger partial charge is 0.493 e. The molecule has 0 unspecified atom stereocenters. The van der Waals surface area contributed by atoms with Crippen LogP contribution in [0, 0.1) is 5.82 Å². The summed E-state index contributed by atoms with van der Waals surface area (Å²) in [6, 6.07) is 11.0. The van der Waals surface area contributed by atoms with Gasteiger partial charge >= 0.3 is 5.97 Å². The summed E-state index contributed by atoms with van der Waals surface area (Å²) in [5.41, 5.74) is 1.36. The van der Waals surface area contributed by atoms with Crippen molar-refractivity contribution in [3.63, 3.8) is 0 Å². The minimum atomic E-state index is -0.846. The zero-order valence-electron chi connectivity index (χ0n) is 21.9. The molecule has 9 nitrogen and oxygen atoms in total. The zero-order chi connectivity index (χ0) is 29.3. The average molecular weight is 615 g/mol. The number of carbonyl (C=O) groups excluding carboxylic acids is 1. The molecule has 4 aromatic rings. The Morgan fingerprint density at radius 2 is 1.98 bits per heavy atom. The van der Waals surface area contributed by atoms with Crippen LogP contribution >= 0.6 is 34.5 Å². The maximum absolute atomic E-state index is 14.2. The lowest BCUT2D eigenvalue weighted by Crippen LogP contribution is -2.40. The molecule has 0 bridgehead atoms. The number of thiazole rings is 1. The van der Waals surface area contributed by atoms with E-state index in [4.69, 9.17) is 37.4 Å². The van der Waals surface area contributed by atoms with Crippen LogP contribution in [0.1, 0.15) is 31.0 Å². The van der Waals surface area contributed by atoms with Gasteiger partial charge in [0.25, 0.3) is 11.4 Å². The molecule has 0 radical (unpaired) electrons. The standard InChI is InChI=1S/C28H21Cl2FN4O5S/c1-4-39-26(37)22-14(2)33-28-35(23(22)16-7-5-6-8-17(16)29)25(36)21(41-28)12-15-9-10-19(38-3)20(11-15)40-24-18(31)13-32-27(30)34-24/h5-13,23H,4H2,1-3H3/b21-12-/t23-/m1/s1. The first kappa shape index (κ1) is 28.5. The second-order valence-corrected chi connectivity index (χ2v) is 10.4. The summed E-state index contributed by atoms with van der Waals surface area (Å²) in [4.78, 5) is 39.2. The lowest BCUT2D eigenvalue weighted by molar-refractivity contribution is -0.139. The molecule has 2 aromatic carbocycles. The fourth-order valence-electron chi connectivity index (χ4n) is 4.30. The molecule has 0 spiro atoms. The van der Waals surface area contributed by atoms with Gasteiger partial charge in [-0.25, -0.2) is 14.8 Å². The second-order valence-electron chi connectivity index (χ2n) is 8.63. The summed E-state index contributed by atoms with van der Waals surface area (Å²) in [5.74, 6) is -1.35. The molecule has 2 aromatic heterocycles. The molecule has 0 N–H and O–H groups in total. The van der Waals surface area contributed by atoms with Crippen molar-refractivity contribution < 1.29 is 23.4 Å². The number of allylic oxidation sites excluding steroid dienone is 1. The normalized spacial score (nSPS) is 14.9. The third-order valence-corrected chi connectivity index (χ3v) is 7.60. The molecule has 41 heavy (non-hydrogen) atoms. The Hall–Kier alpha value is -4.06. The Morgan fingerprint density at radius 1 is 1.20 bits per heavy atom. The number of hydrogen-bond acceptors (Lipinski definition) is 9. The van der Waals surface area contributed by atoms with E-state index in [1.54, 1.807) is 62.4 Å². The van der Waals surface area contributed by atoms with Gasteiger partial charge in [-0.05, 0) is 60.9 Å². The van der Waals surface area contributed by atoms with Crippen LogP contribution < -0.4 is 24.4 Å². The molecule has 210 valence electrons. The summed E-state index contributed by atoms with van der Waals surface area (Å²) < 4.78 is 32.3. The predicted octanol–water partition coefficient (Wildman–Crippen LogP) is 4.84. The topological polar surface area (TPSA) is 105 Å². The van der Waals surface area contributed by atoms with Crippen molar-refractivity contribution in [2.75, 3.05) is 13.7 Å². The van der Waals surface area contributed by atoms with E-state index in [9.17, 15) is 14.0 Å². The summed E-state index contributed by atoms with van der Waals surface area (Å²) in [6.45, 7) is 3.55. The van der Waals surface area contributed by atoms with Gasteiger partial charge in [0.2, 0.25) is 11.1 Å². The molecule has 0 saturated heterocycles. The van der Waals surface area contributed by atoms with Crippen molar-refractivity contribution in [2.45, 2.75) is 19.9 Å². The van der Waals surface area contributed by atoms with Crippen LogP contribution in [-0.4, -0.2) is 34.2 Å². The predicted molar refractivity (Wildman–Crippen MR) is 152 cm³/mol. The van der Waals surface area contributed by atoms with Crippen LogP contribution in [-0.2, 0) is 9.53 Å². The second kappa shape index (κ2) is 11.8. The van der Waals surface area contributed by atoms with Crippen molar-refractivity contribution >= 4 is 46.6 Å². The van der Waals surface area contributed by atoms with Gasteiger partial charge in [0.05, 0.1) is 35.7 Å². The Morgan fingerprint density at radius 3 is 2.71 bits per heavy atom. The summed E-state index contributed by atoms with van der Waals surface area (Å²) in [5, 5.41) is 0.195. The highest BCUT2D eigenvalue weighted by molar-refractivity contribution is 7.07. The van der Waals surface area contributed by atoms with Gasteiger partial charge in [-0.15, -0.1) is 0 Å². The lowest BCUT2D eigenvalue weighted by Gasteiger charge is -2.25. The van der Waals surface area contributed by atoms with Crippen LogP contribution in [0.5, 0.6) is 17.4 Å². The van der Waals surface area contributed by atoms with Crippen LogP contribution in [0.3, 0.4) is 0 Å². The number of nitrogens with zero attached hydrogens (tertiary/aromatic N) is 4. The first-order valence-corrected chi connectivity index (χ1v) is 13.8. The number of methoxy groups -OCH3 is 1. The number of ether oxygens (including phenoxy) is 3. The van der Waals surface area contributed by atoms with Gasteiger partial charge in [-0.3, -0.25) is 9.36 Å². The van der Waals surface area contributed by atoms with Crippen molar-refractivity contribution in [1.29, 1.82) is 0 Å². The average Bonchev–Trinajstić information content (AvgIpc) is 3.24. The van der Waals surface area contributed by atoms with Gasteiger partial charge in [-0.2, -0.15) is 9.37 Å². The Bertz CT molecular complexity index is 1890. The molecule has 0 fully saturated rings. The first-order valence-electron chi connectivity index (χ1n) is 12.2. The maximum atomic E-state index is 14.2. The highest BCUT2D eigenvalue weighted by atomic mass is 35.5. The third-order valence-electron chi connectivity index (χ3n) is 6.09. The van der Waals surface area contributed by atoms with Crippen molar-refractivity contribution in [2.24, 2.45) is 4.99 Å². The van der Waals surface area contributed by atoms with Crippen LogP contribution in [0.2, 0.25) is 10.3 Å². The van der Waals surface area contributed by atoms with Gasteiger partial charge in [0.15, 0.2) is 16.3 Å². The Balaban J connectivity index is 1.65. The van der Waals surface area contributed by atoms with E-state index >= 15 is 0 Å². The molecular formula is C28H21Cl2FN4O5S. The van der Waals surface area contributed by atoms with Gasteiger partial charge in [0, 0.05) is 5.02 Å². The van der Waals surface area contributed by atoms with Crippen LogP contribution in [0.15, 0.2) is 69.7 Å². The van der Waals surface area contributed by atoms with Gasteiger partial charge in [-0.1, -0.05) is 47.2 Å². The molecule has 3 heterocycles. The fourth-order valence-corrected chi connectivity index (χ4v) is 5.72. The molecule has 5 rings (SSSR count). The quantitative estimate of drug-likeness (QED) is 0.217. The first-order chi connectivity index (χ1) is 19.7. The minimum absolute atomic E-state index is 0.136. The molecule has 1 aliphatic rings. The number of benzene rings is 2. The number of halogens is 3. The number of hydrogen-bond donors (Lipinski definition) is 0. The highest BCUT2D eigenvalue weighted by Crippen LogP contribution is 2.35. The Kier molecular flexibility index (Phi) is 8.20. The fraction of sp³-hybridized carbons (Fsp3) is 0.179. The summed E-state index contributed by atoms with van der Waals surface area (Å²) in [6.07, 6.45) is 2.52.